The Morgan fingerprint density at radius 1 is 1.34 bits per heavy atom. The summed E-state index contributed by atoms with van der Waals surface area (Å²) in [6.07, 6.45) is 6.17. The first-order chi connectivity index (χ1) is 14.1. The second kappa shape index (κ2) is 8.57. The maximum absolute atomic E-state index is 13.6. The second-order valence-corrected chi connectivity index (χ2v) is 8.25. The number of hydrogen-bond acceptors (Lipinski definition) is 4. The maximum Gasteiger partial charge on any atom is 0.272 e. The third-order valence-corrected chi connectivity index (χ3v) is 5.92. The number of ether oxygens (including phenoxy) is 2. The van der Waals surface area contributed by atoms with Crippen LogP contribution in [-0.4, -0.2) is 47.0 Å². The molecule has 6 heteroatoms. The molecule has 0 spiro atoms. The van der Waals surface area contributed by atoms with E-state index in [0.29, 0.717) is 19.7 Å². The highest BCUT2D eigenvalue weighted by Gasteiger charge is 2.28. The van der Waals surface area contributed by atoms with Gasteiger partial charge in [-0.25, -0.2) is 0 Å². The summed E-state index contributed by atoms with van der Waals surface area (Å²) in [6, 6.07) is 6.30. The number of hydrogen-bond donors (Lipinski definition) is 0. The predicted octanol–water partition coefficient (Wildman–Crippen LogP) is 3.30. The van der Waals surface area contributed by atoms with Crippen LogP contribution < -0.4 is 4.74 Å². The van der Waals surface area contributed by atoms with Crippen molar-refractivity contribution < 1.29 is 14.3 Å². The van der Waals surface area contributed by atoms with Crippen molar-refractivity contribution in [3.8, 4) is 5.75 Å². The smallest absolute Gasteiger partial charge is 0.272 e. The Hall–Kier alpha value is -2.34. The minimum atomic E-state index is 0.0735. The molecule has 0 unspecified atom stereocenters. The number of amides is 1. The number of carbonyl (C=O) groups is 1. The van der Waals surface area contributed by atoms with Gasteiger partial charge in [0, 0.05) is 45.8 Å². The molecule has 2 heterocycles. The zero-order chi connectivity index (χ0) is 20.4. The second-order valence-electron chi connectivity index (χ2n) is 8.25. The molecular weight excluding hydrogens is 366 g/mol. The molecule has 1 aliphatic heterocycles. The summed E-state index contributed by atoms with van der Waals surface area (Å²) in [4.78, 5) is 15.5. The van der Waals surface area contributed by atoms with Gasteiger partial charge in [-0.3, -0.25) is 9.48 Å². The van der Waals surface area contributed by atoms with E-state index < -0.39 is 0 Å². The molecule has 2 aliphatic rings. The van der Waals surface area contributed by atoms with E-state index in [1.165, 1.54) is 5.56 Å². The highest BCUT2D eigenvalue weighted by Crippen LogP contribution is 2.30. The Balaban J connectivity index is 1.58. The summed E-state index contributed by atoms with van der Waals surface area (Å²) in [6.45, 7) is 3.98. The van der Waals surface area contributed by atoms with Gasteiger partial charge in [0.25, 0.3) is 5.91 Å². The molecule has 0 saturated heterocycles. The molecular formula is C23H31N3O3. The van der Waals surface area contributed by atoms with Gasteiger partial charge in [-0.05, 0) is 56.2 Å². The van der Waals surface area contributed by atoms with Crippen molar-refractivity contribution in [2.45, 2.75) is 58.1 Å². The number of fused-ring (bicyclic) bond motifs is 2. The Kier molecular flexibility index (Phi) is 5.90. The number of benzene rings is 1. The van der Waals surface area contributed by atoms with Crippen LogP contribution in [0.4, 0.5) is 0 Å². The van der Waals surface area contributed by atoms with Gasteiger partial charge in [-0.2, -0.15) is 5.10 Å². The first-order valence-electron chi connectivity index (χ1n) is 10.7. The lowest BCUT2D eigenvalue weighted by molar-refractivity contribution is 0.0711. The zero-order valence-corrected chi connectivity index (χ0v) is 17.7. The minimum Gasteiger partial charge on any atom is -0.490 e. The fourth-order valence-electron chi connectivity index (χ4n) is 4.54. The van der Waals surface area contributed by atoms with Crippen LogP contribution in [-0.2, 0) is 37.6 Å². The number of rotatable bonds is 7. The zero-order valence-electron chi connectivity index (χ0n) is 17.7. The van der Waals surface area contributed by atoms with Crippen LogP contribution in [0, 0.1) is 0 Å². The van der Waals surface area contributed by atoms with E-state index in [4.69, 9.17) is 9.47 Å². The van der Waals surface area contributed by atoms with Gasteiger partial charge in [-0.15, -0.1) is 0 Å². The summed E-state index contributed by atoms with van der Waals surface area (Å²) in [5.74, 6) is 1.04. The largest absolute Gasteiger partial charge is 0.490 e. The van der Waals surface area contributed by atoms with Gasteiger partial charge in [0.15, 0.2) is 0 Å². The summed E-state index contributed by atoms with van der Waals surface area (Å²) < 4.78 is 12.8. The van der Waals surface area contributed by atoms with Crippen molar-refractivity contribution >= 4 is 5.91 Å². The molecule has 1 atom stereocenters. The molecule has 1 aromatic heterocycles. The quantitative estimate of drug-likeness (QED) is 0.673. The molecule has 1 amide bonds. The topological polar surface area (TPSA) is 56.6 Å². The van der Waals surface area contributed by atoms with Crippen molar-refractivity contribution in [3.05, 3.63) is 46.3 Å². The van der Waals surface area contributed by atoms with Crippen LogP contribution in [0.1, 0.15) is 59.1 Å². The lowest BCUT2D eigenvalue weighted by Gasteiger charge is -2.24. The van der Waals surface area contributed by atoms with E-state index in [0.717, 1.165) is 66.8 Å². The fourth-order valence-corrected chi connectivity index (χ4v) is 4.54. The summed E-state index contributed by atoms with van der Waals surface area (Å²) in [7, 11) is 3.60. The molecule has 1 aliphatic carbocycles. The normalized spacial score (nSPS) is 17.6. The Morgan fingerprint density at radius 3 is 3.00 bits per heavy atom. The molecule has 0 radical (unpaired) electrons. The molecule has 1 aromatic carbocycles. The number of aryl methyl sites for hydroxylation is 2. The highest BCUT2D eigenvalue weighted by atomic mass is 16.5. The van der Waals surface area contributed by atoms with Crippen LogP contribution in [0.25, 0.3) is 0 Å². The van der Waals surface area contributed by atoms with E-state index in [1.807, 2.05) is 18.0 Å². The van der Waals surface area contributed by atoms with Gasteiger partial charge in [0.1, 0.15) is 17.5 Å². The van der Waals surface area contributed by atoms with Crippen LogP contribution in [0.15, 0.2) is 18.2 Å². The monoisotopic (exact) mass is 397 g/mol. The van der Waals surface area contributed by atoms with Gasteiger partial charge < -0.3 is 14.4 Å². The van der Waals surface area contributed by atoms with Gasteiger partial charge in [-0.1, -0.05) is 12.1 Å². The van der Waals surface area contributed by atoms with E-state index in [2.05, 4.69) is 24.2 Å². The number of aromatic nitrogens is 2. The van der Waals surface area contributed by atoms with Crippen LogP contribution >= 0.6 is 0 Å². The minimum absolute atomic E-state index is 0.0735. The van der Waals surface area contributed by atoms with Crippen molar-refractivity contribution in [3.63, 3.8) is 0 Å². The molecule has 2 aromatic rings. The van der Waals surface area contributed by atoms with Crippen LogP contribution in [0.3, 0.4) is 0 Å². The molecule has 0 bridgehead atoms. The van der Waals surface area contributed by atoms with Gasteiger partial charge >= 0.3 is 0 Å². The average molecular weight is 398 g/mol. The fraction of sp³-hybridized carbons (Fsp3) is 0.565. The van der Waals surface area contributed by atoms with Gasteiger partial charge in [0.2, 0.25) is 0 Å². The van der Waals surface area contributed by atoms with E-state index in [-0.39, 0.29) is 12.0 Å². The molecule has 6 nitrogen and oxygen atoms in total. The van der Waals surface area contributed by atoms with Crippen molar-refractivity contribution in [2.75, 3.05) is 20.3 Å². The molecule has 4 rings (SSSR count). The highest BCUT2D eigenvalue weighted by molar-refractivity contribution is 5.94. The molecule has 156 valence electrons. The Labute approximate surface area is 172 Å². The average Bonchev–Trinajstić information content (AvgIpc) is 3.24. The van der Waals surface area contributed by atoms with Crippen LogP contribution in [0.2, 0.25) is 0 Å². The van der Waals surface area contributed by atoms with Crippen molar-refractivity contribution in [1.29, 1.82) is 0 Å². The van der Waals surface area contributed by atoms with E-state index in [1.54, 1.807) is 11.8 Å². The third-order valence-electron chi connectivity index (χ3n) is 5.92. The van der Waals surface area contributed by atoms with Crippen molar-refractivity contribution in [2.24, 2.45) is 7.05 Å². The number of carbonyl (C=O) groups excluding carboxylic acids is 1. The lowest BCUT2D eigenvalue weighted by Crippen LogP contribution is -2.34. The predicted molar refractivity (Wildman–Crippen MR) is 111 cm³/mol. The first kappa shape index (κ1) is 20.0. The third kappa shape index (κ3) is 4.17. The molecule has 0 fully saturated rings. The lowest BCUT2D eigenvalue weighted by atomic mass is 9.95. The van der Waals surface area contributed by atoms with E-state index in [9.17, 15) is 4.79 Å². The summed E-state index contributed by atoms with van der Waals surface area (Å²) in [5, 5.41) is 4.64. The summed E-state index contributed by atoms with van der Waals surface area (Å²) in [5.41, 5.74) is 5.38. The van der Waals surface area contributed by atoms with E-state index >= 15 is 0 Å². The van der Waals surface area contributed by atoms with Gasteiger partial charge in [0.05, 0.1) is 5.69 Å². The SMILES string of the molecule is COCCCN(Cc1ccc2c(c1)C[C@H](C)O2)C(=O)c1c2c(nn1C)CCCC2. The molecule has 0 N–H and O–H groups in total. The Bertz CT molecular complexity index is 890. The molecule has 0 saturated carbocycles. The summed E-state index contributed by atoms with van der Waals surface area (Å²) >= 11 is 0. The maximum atomic E-state index is 13.6. The number of methoxy groups -OCH3 is 1. The van der Waals surface area contributed by atoms with Crippen LogP contribution in [0.5, 0.6) is 5.75 Å². The number of nitrogens with zero attached hydrogens (tertiary/aromatic N) is 3. The standard InChI is InChI=1S/C23H31N3O3/c1-16-13-18-14-17(9-10-21(18)29-16)15-26(11-6-12-28-3)23(27)22-19-7-4-5-8-20(19)24-25(22)2/h9-10,14,16H,4-8,11-13,15H2,1-3H3/t16-/m0/s1. The Morgan fingerprint density at radius 2 is 2.17 bits per heavy atom. The first-order valence-corrected chi connectivity index (χ1v) is 10.7. The van der Waals surface area contributed by atoms with Crippen molar-refractivity contribution in [1.82, 2.24) is 14.7 Å². The molecule has 29 heavy (non-hydrogen) atoms.